The van der Waals surface area contributed by atoms with Crippen LogP contribution >= 0.6 is 0 Å². The van der Waals surface area contributed by atoms with E-state index in [1.807, 2.05) is 0 Å². The van der Waals surface area contributed by atoms with Gasteiger partial charge >= 0.3 is 0 Å². The Morgan fingerprint density at radius 3 is 2.09 bits per heavy atom. The Bertz CT molecular complexity index is 742. The summed E-state index contributed by atoms with van der Waals surface area (Å²) in [5, 5.41) is 0. The van der Waals surface area contributed by atoms with Gasteiger partial charge in [-0.05, 0) is 65.7 Å². The standard InChI is InChI=1S/C28H47N3O/c1-22(2)20-29-9-11-31(12-10-29)26-8-7-24(30-13-15-32-16-14-30)17-25(26)23-18-27(3,4)21-28(5,6)19-23/h7-8,17,22-23H,9-16,18-21H2,1-6H3. The molecule has 180 valence electrons. The van der Waals surface area contributed by atoms with Crippen molar-refractivity contribution in [2.45, 2.75) is 66.7 Å². The first-order valence-electron chi connectivity index (χ1n) is 13.1. The van der Waals surface area contributed by atoms with Gasteiger partial charge in [-0.2, -0.15) is 0 Å². The highest BCUT2D eigenvalue weighted by Crippen LogP contribution is 2.53. The molecule has 1 saturated carbocycles. The Morgan fingerprint density at radius 1 is 0.875 bits per heavy atom. The lowest BCUT2D eigenvalue weighted by atomic mass is 9.60. The summed E-state index contributed by atoms with van der Waals surface area (Å²) in [5.41, 5.74) is 5.30. The number of piperazine rings is 1. The quantitative estimate of drug-likeness (QED) is 0.590. The van der Waals surface area contributed by atoms with E-state index >= 15 is 0 Å². The maximum absolute atomic E-state index is 5.62. The summed E-state index contributed by atoms with van der Waals surface area (Å²) in [7, 11) is 0. The van der Waals surface area contributed by atoms with E-state index < -0.39 is 0 Å². The third-order valence-corrected chi connectivity index (χ3v) is 7.72. The summed E-state index contributed by atoms with van der Waals surface area (Å²) >= 11 is 0. The number of rotatable bonds is 5. The molecule has 0 aromatic heterocycles. The molecule has 0 spiro atoms. The molecule has 1 aromatic carbocycles. The molecule has 3 fully saturated rings. The van der Waals surface area contributed by atoms with Crippen LogP contribution in [0.3, 0.4) is 0 Å². The van der Waals surface area contributed by atoms with Crippen LogP contribution in [-0.4, -0.2) is 63.9 Å². The number of morpholine rings is 1. The average molecular weight is 442 g/mol. The third-order valence-electron chi connectivity index (χ3n) is 7.72. The van der Waals surface area contributed by atoms with Gasteiger partial charge in [0.2, 0.25) is 0 Å². The first-order valence-corrected chi connectivity index (χ1v) is 13.1. The van der Waals surface area contributed by atoms with E-state index in [9.17, 15) is 0 Å². The van der Waals surface area contributed by atoms with Crippen molar-refractivity contribution in [3.8, 4) is 0 Å². The largest absolute Gasteiger partial charge is 0.378 e. The van der Waals surface area contributed by atoms with Gasteiger partial charge in [-0.15, -0.1) is 0 Å². The number of nitrogens with zero attached hydrogens (tertiary/aromatic N) is 3. The molecule has 0 unspecified atom stereocenters. The van der Waals surface area contributed by atoms with Gasteiger partial charge < -0.3 is 14.5 Å². The summed E-state index contributed by atoms with van der Waals surface area (Å²) in [4.78, 5) is 7.86. The highest BCUT2D eigenvalue weighted by Gasteiger charge is 2.40. The van der Waals surface area contributed by atoms with E-state index in [2.05, 4.69) is 74.4 Å². The van der Waals surface area contributed by atoms with Crippen LogP contribution in [-0.2, 0) is 4.74 Å². The van der Waals surface area contributed by atoms with Crippen LogP contribution in [0.2, 0.25) is 0 Å². The van der Waals surface area contributed by atoms with Crippen LogP contribution in [0.15, 0.2) is 18.2 Å². The molecule has 32 heavy (non-hydrogen) atoms. The van der Waals surface area contributed by atoms with Gasteiger partial charge in [0.15, 0.2) is 0 Å². The van der Waals surface area contributed by atoms with Gasteiger partial charge in [0.1, 0.15) is 0 Å². The summed E-state index contributed by atoms with van der Waals surface area (Å²) in [6.07, 6.45) is 3.91. The maximum atomic E-state index is 5.62. The van der Waals surface area contributed by atoms with Gasteiger partial charge in [-0.3, -0.25) is 4.90 Å². The highest BCUT2D eigenvalue weighted by atomic mass is 16.5. The summed E-state index contributed by atoms with van der Waals surface area (Å²) in [6, 6.07) is 7.39. The molecular formula is C28H47N3O. The smallest absolute Gasteiger partial charge is 0.0642 e. The molecule has 4 rings (SSSR count). The Hall–Kier alpha value is -1.26. The van der Waals surface area contributed by atoms with Gasteiger partial charge in [-0.25, -0.2) is 0 Å². The van der Waals surface area contributed by atoms with Gasteiger partial charge in [0, 0.05) is 57.2 Å². The van der Waals surface area contributed by atoms with E-state index in [-0.39, 0.29) is 0 Å². The Balaban J connectivity index is 1.62. The van der Waals surface area contributed by atoms with Crippen LogP contribution in [0.1, 0.15) is 72.3 Å². The average Bonchev–Trinajstić information content (AvgIpc) is 2.72. The van der Waals surface area contributed by atoms with E-state index in [1.165, 1.54) is 50.3 Å². The minimum atomic E-state index is 0.397. The van der Waals surface area contributed by atoms with Crippen LogP contribution in [0, 0.1) is 16.7 Å². The number of hydrogen-bond donors (Lipinski definition) is 0. The molecule has 0 radical (unpaired) electrons. The Kier molecular flexibility index (Phi) is 7.12. The molecule has 0 amide bonds. The summed E-state index contributed by atoms with van der Waals surface area (Å²) in [6.45, 7) is 24.2. The molecule has 4 nitrogen and oxygen atoms in total. The van der Waals surface area contributed by atoms with Crippen molar-refractivity contribution in [3.05, 3.63) is 23.8 Å². The van der Waals surface area contributed by atoms with Crippen LogP contribution < -0.4 is 9.80 Å². The monoisotopic (exact) mass is 441 g/mol. The number of hydrogen-bond acceptors (Lipinski definition) is 4. The van der Waals surface area contributed by atoms with Crippen molar-refractivity contribution in [1.82, 2.24) is 4.90 Å². The van der Waals surface area contributed by atoms with Crippen LogP contribution in [0.4, 0.5) is 11.4 Å². The first kappa shape index (κ1) is 23.9. The Labute approximate surface area is 197 Å². The minimum Gasteiger partial charge on any atom is -0.378 e. The van der Waals surface area contributed by atoms with Crippen LogP contribution in [0.25, 0.3) is 0 Å². The lowest BCUT2D eigenvalue weighted by Gasteiger charge is -2.46. The zero-order valence-electron chi connectivity index (χ0n) is 21.6. The van der Waals surface area contributed by atoms with Gasteiger partial charge in [0.05, 0.1) is 13.2 Å². The zero-order chi connectivity index (χ0) is 22.9. The molecule has 2 saturated heterocycles. The van der Waals surface area contributed by atoms with Crippen molar-refractivity contribution in [2.75, 3.05) is 68.8 Å². The molecule has 2 aliphatic heterocycles. The van der Waals surface area contributed by atoms with Gasteiger partial charge in [-0.1, -0.05) is 41.5 Å². The number of anilines is 2. The number of ether oxygens (including phenoxy) is 1. The third kappa shape index (κ3) is 5.80. The minimum absolute atomic E-state index is 0.397. The topological polar surface area (TPSA) is 19.0 Å². The SMILES string of the molecule is CC(C)CN1CCN(c2ccc(N3CCOCC3)cc2C2CC(C)(C)CC(C)(C)C2)CC1. The number of benzene rings is 1. The predicted octanol–water partition coefficient (Wildman–Crippen LogP) is 5.62. The molecule has 0 atom stereocenters. The predicted molar refractivity (Wildman–Crippen MR) is 137 cm³/mol. The molecule has 0 N–H and O–H groups in total. The van der Waals surface area contributed by atoms with E-state index in [0.717, 1.165) is 45.3 Å². The first-order chi connectivity index (χ1) is 15.1. The summed E-state index contributed by atoms with van der Waals surface area (Å²) in [5.74, 6) is 1.38. The molecule has 3 aliphatic rings. The van der Waals surface area contributed by atoms with Crippen molar-refractivity contribution >= 4 is 11.4 Å². The zero-order valence-corrected chi connectivity index (χ0v) is 21.6. The second-order valence-corrected chi connectivity index (χ2v) is 12.6. The second-order valence-electron chi connectivity index (χ2n) is 12.6. The highest BCUT2D eigenvalue weighted by molar-refractivity contribution is 5.64. The fraction of sp³-hybridized carbons (Fsp3) is 0.786. The molecule has 0 bridgehead atoms. The van der Waals surface area contributed by atoms with Crippen molar-refractivity contribution < 1.29 is 4.74 Å². The maximum Gasteiger partial charge on any atom is 0.0642 e. The van der Waals surface area contributed by atoms with Gasteiger partial charge in [0.25, 0.3) is 0 Å². The lowest BCUT2D eigenvalue weighted by Crippen LogP contribution is -2.48. The van der Waals surface area contributed by atoms with E-state index in [0.29, 0.717) is 16.7 Å². The molecule has 2 heterocycles. The van der Waals surface area contributed by atoms with Crippen molar-refractivity contribution in [3.63, 3.8) is 0 Å². The fourth-order valence-electron chi connectivity index (χ4n) is 6.93. The van der Waals surface area contributed by atoms with Crippen LogP contribution in [0.5, 0.6) is 0 Å². The second kappa shape index (κ2) is 9.54. The summed E-state index contributed by atoms with van der Waals surface area (Å²) < 4.78 is 5.62. The van der Waals surface area contributed by atoms with Crippen molar-refractivity contribution in [1.29, 1.82) is 0 Å². The Morgan fingerprint density at radius 2 is 1.50 bits per heavy atom. The molecule has 1 aliphatic carbocycles. The van der Waals surface area contributed by atoms with E-state index in [4.69, 9.17) is 4.74 Å². The molecular weight excluding hydrogens is 394 g/mol. The molecule has 1 aromatic rings. The van der Waals surface area contributed by atoms with E-state index in [1.54, 1.807) is 5.56 Å². The fourth-order valence-corrected chi connectivity index (χ4v) is 6.93. The normalized spacial score (nSPS) is 24.8. The molecule has 4 heteroatoms. The van der Waals surface area contributed by atoms with Crippen molar-refractivity contribution in [2.24, 2.45) is 16.7 Å². The lowest BCUT2D eigenvalue weighted by molar-refractivity contribution is 0.0969.